The van der Waals surface area contributed by atoms with E-state index < -0.39 is 0 Å². The largest absolute Gasteiger partial charge is 0.310 e. The molecule has 1 aromatic carbocycles. The Bertz CT molecular complexity index is 438. The summed E-state index contributed by atoms with van der Waals surface area (Å²) in [6, 6.07) is 5.04. The fourth-order valence-electron chi connectivity index (χ4n) is 2.21. The minimum atomic E-state index is -0.388. The molecule has 0 heterocycles. The van der Waals surface area contributed by atoms with Gasteiger partial charge in [-0.1, -0.05) is 44.7 Å². The van der Waals surface area contributed by atoms with Crippen molar-refractivity contribution < 1.29 is 4.92 Å². The van der Waals surface area contributed by atoms with Crippen molar-refractivity contribution in [2.45, 2.75) is 58.5 Å². The third-order valence-corrected chi connectivity index (χ3v) is 3.73. The molecule has 0 aliphatic carbocycles. The standard InChI is InChI=1S/C15H23ClN2O2/c1-3-5-7-13(6-4-2)17-11-12-10-14(18(19)20)8-9-15(12)16/h8-10,13,17H,3-7,11H2,1-2H3. The Hall–Kier alpha value is -1.13. The molecule has 0 spiro atoms. The van der Waals surface area contributed by atoms with E-state index in [1.165, 1.54) is 18.9 Å². The maximum Gasteiger partial charge on any atom is 0.269 e. The molecule has 0 saturated heterocycles. The van der Waals surface area contributed by atoms with Gasteiger partial charge in [0.15, 0.2) is 0 Å². The topological polar surface area (TPSA) is 55.2 Å². The molecular weight excluding hydrogens is 276 g/mol. The number of hydrogen-bond donors (Lipinski definition) is 1. The second-order valence-corrected chi connectivity index (χ2v) is 5.45. The zero-order valence-corrected chi connectivity index (χ0v) is 12.9. The third-order valence-electron chi connectivity index (χ3n) is 3.36. The molecule has 1 N–H and O–H groups in total. The smallest absolute Gasteiger partial charge is 0.269 e. The summed E-state index contributed by atoms with van der Waals surface area (Å²) in [6.07, 6.45) is 5.76. The van der Waals surface area contributed by atoms with Crippen molar-refractivity contribution >= 4 is 17.3 Å². The van der Waals surface area contributed by atoms with Gasteiger partial charge in [-0.05, 0) is 24.5 Å². The number of nitro groups is 1. The normalized spacial score (nSPS) is 12.3. The fourth-order valence-corrected chi connectivity index (χ4v) is 2.40. The van der Waals surface area contributed by atoms with Crippen LogP contribution in [0.5, 0.6) is 0 Å². The van der Waals surface area contributed by atoms with Gasteiger partial charge in [0.05, 0.1) is 4.92 Å². The van der Waals surface area contributed by atoms with Crippen molar-refractivity contribution in [1.82, 2.24) is 5.32 Å². The summed E-state index contributed by atoms with van der Waals surface area (Å²) in [5.41, 5.74) is 0.880. The lowest BCUT2D eigenvalue weighted by Crippen LogP contribution is -2.28. The van der Waals surface area contributed by atoms with E-state index in [0.29, 0.717) is 17.6 Å². The molecule has 5 heteroatoms. The molecule has 1 atom stereocenters. The van der Waals surface area contributed by atoms with Gasteiger partial charge in [-0.15, -0.1) is 0 Å². The van der Waals surface area contributed by atoms with Gasteiger partial charge in [0.25, 0.3) is 5.69 Å². The lowest BCUT2D eigenvalue weighted by Gasteiger charge is -2.18. The van der Waals surface area contributed by atoms with Crippen LogP contribution in [-0.2, 0) is 6.54 Å². The minimum Gasteiger partial charge on any atom is -0.310 e. The van der Waals surface area contributed by atoms with Gasteiger partial charge in [0.1, 0.15) is 0 Å². The second kappa shape index (κ2) is 8.93. The summed E-state index contributed by atoms with van der Waals surface area (Å²) >= 11 is 6.10. The van der Waals surface area contributed by atoms with E-state index in [9.17, 15) is 10.1 Å². The van der Waals surface area contributed by atoms with Crippen LogP contribution in [0.2, 0.25) is 5.02 Å². The van der Waals surface area contributed by atoms with Crippen LogP contribution >= 0.6 is 11.6 Å². The first-order valence-corrected chi connectivity index (χ1v) is 7.62. The molecule has 0 fully saturated rings. The Kier molecular flexibility index (Phi) is 7.55. The highest BCUT2D eigenvalue weighted by atomic mass is 35.5. The predicted molar refractivity (Wildman–Crippen MR) is 83.2 cm³/mol. The van der Waals surface area contributed by atoms with Gasteiger partial charge in [0, 0.05) is 29.7 Å². The number of unbranched alkanes of at least 4 members (excludes halogenated alkanes) is 1. The molecule has 112 valence electrons. The number of benzene rings is 1. The molecule has 0 saturated carbocycles. The SMILES string of the molecule is CCCCC(CCC)NCc1cc([N+](=O)[O-])ccc1Cl. The zero-order chi connectivity index (χ0) is 15.0. The lowest BCUT2D eigenvalue weighted by atomic mass is 10.0. The fraction of sp³-hybridized carbons (Fsp3) is 0.600. The number of nitrogens with one attached hydrogen (secondary N) is 1. The van der Waals surface area contributed by atoms with Gasteiger partial charge in [-0.25, -0.2) is 0 Å². The molecule has 0 aromatic heterocycles. The van der Waals surface area contributed by atoms with Crippen molar-refractivity contribution in [3.05, 3.63) is 38.9 Å². The van der Waals surface area contributed by atoms with Gasteiger partial charge >= 0.3 is 0 Å². The van der Waals surface area contributed by atoms with Crippen molar-refractivity contribution in [2.24, 2.45) is 0 Å². The van der Waals surface area contributed by atoms with Crippen LogP contribution in [0, 0.1) is 10.1 Å². The highest BCUT2D eigenvalue weighted by Gasteiger charge is 2.12. The minimum absolute atomic E-state index is 0.0896. The van der Waals surface area contributed by atoms with Crippen LogP contribution in [-0.4, -0.2) is 11.0 Å². The van der Waals surface area contributed by atoms with Crippen LogP contribution in [0.25, 0.3) is 0 Å². The first-order valence-electron chi connectivity index (χ1n) is 7.24. The van der Waals surface area contributed by atoms with E-state index in [0.717, 1.165) is 24.8 Å². The molecule has 0 bridgehead atoms. The first kappa shape index (κ1) is 16.9. The summed E-state index contributed by atoms with van der Waals surface area (Å²) in [4.78, 5) is 10.4. The van der Waals surface area contributed by atoms with E-state index in [4.69, 9.17) is 11.6 Å². The van der Waals surface area contributed by atoms with E-state index in [2.05, 4.69) is 19.2 Å². The Morgan fingerprint density at radius 1 is 1.30 bits per heavy atom. The highest BCUT2D eigenvalue weighted by Crippen LogP contribution is 2.22. The summed E-state index contributed by atoms with van der Waals surface area (Å²) in [5, 5.41) is 14.8. The Labute approximate surface area is 125 Å². The number of nitrogens with zero attached hydrogens (tertiary/aromatic N) is 1. The molecule has 0 aliphatic heterocycles. The van der Waals surface area contributed by atoms with Crippen molar-refractivity contribution in [3.8, 4) is 0 Å². The molecule has 0 radical (unpaired) electrons. The van der Waals surface area contributed by atoms with Crippen molar-refractivity contribution in [2.75, 3.05) is 0 Å². The summed E-state index contributed by atoms with van der Waals surface area (Å²) < 4.78 is 0. The molecule has 1 aromatic rings. The van der Waals surface area contributed by atoms with Crippen molar-refractivity contribution in [1.29, 1.82) is 0 Å². The van der Waals surface area contributed by atoms with E-state index >= 15 is 0 Å². The van der Waals surface area contributed by atoms with E-state index in [1.54, 1.807) is 12.1 Å². The molecule has 1 rings (SSSR count). The first-order chi connectivity index (χ1) is 9.58. The Balaban J connectivity index is 2.66. The second-order valence-electron chi connectivity index (χ2n) is 5.04. The van der Waals surface area contributed by atoms with Crippen LogP contribution < -0.4 is 5.32 Å². The number of halogens is 1. The summed E-state index contributed by atoms with van der Waals surface area (Å²) in [6.45, 7) is 4.93. The van der Waals surface area contributed by atoms with Gasteiger partial charge in [0.2, 0.25) is 0 Å². The number of rotatable bonds is 9. The zero-order valence-electron chi connectivity index (χ0n) is 12.2. The molecule has 1 unspecified atom stereocenters. The van der Waals surface area contributed by atoms with Crippen LogP contribution in [0.4, 0.5) is 5.69 Å². The van der Waals surface area contributed by atoms with Gasteiger partial charge < -0.3 is 5.32 Å². The maximum atomic E-state index is 10.8. The maximum absolute atomic E-state index is 10.8. The number of nitro benzene ring substituents is 1. The van der Waals surface area contributed by atoms with Gasteiger partial charge in [-0.2, -0.15) is 0 Å². The molecule has 0 amide bonds. The van der Waals surface area contributed by atoms with Crippen LogP contribution in [0.15, 0.2) is 18.2 Å². The molecule has 4 nitrogen and oxygen atoms in total. The quantitative estimate of drug-likeness (QED) is 0.531. The van der Waals surface area contributed by atoms with E-state index in [1.807, 2.05) is 0 Å². The lowest BCUT2D eigenvalue weighted by molar-refractivity contribution is -0.384. The summed E-state index contributed by atoms with van der Waals surface area (Å²) in [5.74, 6) is 0. The monoisotopic (exact) mass is 298 g/mol. The molecule has 0 aliphatic rings. The summed E-state index contributed by atoms with van der Waals surface area (Å²) in [7, 11) is 0. The van der Waals surface area contributed by atoms with Crippen molar-refractivity contribution in [3.63, 3.8) is 0 Å². The number of hydrogen-bond acceptors (Lipinski definition) is 3. The Morgan fingerprint density at radius 3 is 2.65 bits per heavy atom. The Morgan fingerprint density at radius 2 is 2.05 bits per heavy atom. The molecular formula is C15H23ClN2O2. The average Bonchev–Trinajstić information content (AvgIpc) is 2.43. The van der Waals surface area contributed by atoms with E-state index in [-0.39, 0.29) is 10.6 Å². The van der Waals surface area contributed by atoms with Crippen LogP contribution in [0.3, 0.4) is 0 Å². The van der Waals surface area contributed by atoms with Gasteiger partial charge in [-0.3, -0.25) is 10.1 Å². The highest BCUT2D eigenvalue weighted by molar-refractivity contribution is 6.31. The van der Waals surface area contributed by atoms with Crippen LogP contribution in [0.1, 0.15) is 51.5 Å². The number of non-ortho nitro benzene ring substituents is 1. The molecule has 20 heavy (non-hydrogen) atoms. The third kappa shape index (κ3) is 5.47. The average molecular weight is 299 g/mol. The predicted octanol–water partition coefficient (Wildman–Crippen LogP) is 4.70.